The Morgan fingerprint density at radius 3 is 2.56 bits per heavy atom. The van der Waals surface area contributed by atoms with Crippen LogP contribution in [-0.4, -0.2) is 0 Å². The fourth-order valence-electron chi connectivity index (χ4n) is 1.80. The molecule has 2 nitrogen and oxygen atoms in total. The molecule has 0 aliphatic carbocycles. The van der Waals surface area contributed by atoms with Crippen LogP contribution in [0, 0.1) is 5.82 Å². The van der Waals surface area contributed by atoms with Gasteiger partial charge in [-0.25, -0.2) is 4.39 Å². The summed E-state index contributed by atoms with van der Waals surface area (Å²) in [7, 11) is 0. The van der Waals surface area contributed by atoms with E-state index in [1.807, 2.05) is 24.3 Å². The van der Waals surface area contributed by atoms with Crippen LogP contribution in [0.4, 0.5) is 10.1 Å². The van der Waals surface area contributed by atoms with Crippen molar-refractivity contribution in [2.24, 2.45) is 0 Å². The highest BCUT2D eigenvalue weighted by Crippen LogP contribution is 2.21. The van der Waals surface area contributed by atoms with Crippen LogP contribution < -0.4 is 10.5 Å². The van der Waals surface area contributed by atoms with Gasteiger partial charge < -0.3 is 10.5 Å². The minimum Gasteiger partial charge on any atom is -0.489 e. The van der Waals surface area contributed by atoms with Crippen LogP contribution in [0.1, 0.15) is 18.1 Å². The van der Waals surface area contributed by atoms with Crippen LogP contribution in [0.25, 0.3) is 0 Å². The van der Waals surface area contributed by atoms with Gasteiger partial charge in [-0.2, -0.15) is 0 Å². The van der Waals surface area contributed by atoms with Crippen LogP contribution >= 0.6 is 0 Å². The second-order valence-electron chi connectivity index (χ2n) is 4.07. The summed E-state index contributed by atoms with van der Waals surface area (Å²) in [6.45, 7) is 2.25. The third-order valence-corrected chi connectivity index (χ3v) is 2.85. The smallest absolute Gasteiger partial charge is 0.152 e. The van der Waals surface area contributed by atoms with Gasteiger partial charge >= 0.3 is 0 Å². The van der Waals surface area contributed by atoms with E-state index in [0.29, 0.717) is 5.56 Å². The van der Waals surface area contributed by atoms with E-state index < -0.39 is 5.82 Å². The number of rotatable bonds is 4. The van der Waals surface area contributed by atoms with Crippen molar-refractivity contribution < 1.29 is 9.13 Å². The predicted molar refractivity (Wildman–Crippen MR) is 71.0 cm³/mol. The molecule has 2 rings (SSSR count). The average molecular weight is 245 g/mol. The minimum atomic E-state index is -0.397. The molecule has 2 aromatic carbocycles. The lowest BCUT2D eigenvalue weighted by atomic mass is 10.1. The molecule has 0 saturated carbocycles. The highest BCUT2D eigenvalue weighted by molar-refractivity contribution is 5.43. The second kappa shape index (κ2) is 5.54. The van der Waals surface area contributed by atoms with E-state index in [-0.39, 0.29) is 12.3 Å². The molecule has 94 valence electrons. The summed E-state index contributed by atoms with van der Waals surface area (Å²) in [6, 6.07) is 12.7. The predicted octanol–water partition coefficient (Wildman–Crippen LogP) is 3.55. The summed E-state index contributed by atoms with van der Waals surface area (Å²) >= 11 is 0. The molecule has 3 heteroatoms. The third-order valence-electron chi connectivity index (χ3n) is 2.85. The summed E-state index contributed by atoms with van der Waals surface area (Å²) in [5, 5.41) is 0. The van der Waals surface area contributed by atoms with Gasteiger partial charge in [-0.1, -0.05) is 37.3 Å². The van der Waals surface area contributed by atoms with Crippen LogP contribution in [0.5, 0.6) is 5.75 Å². The number of anilines is 1. The largest absolute Gasteiger partial charge is 0.489 e. The van der Waals surface area contributed by atoms with E-state index in [9.17, 15) is 4.39 Å². The van der Waals surface area contributed by atoms with Crippen LogP contribution in [-0.2, 0) is 13.0 Å². The molecule has 0 heterocycles. The number of benzene rings is 2. The molecular formula is C15H16FNO. The summed E-state index contributed by atoms with van der Waals surface area (Å²) in [5.74, 6) is 0.397. The maximum absolute atomic E-state index is 13.7. The Morgan fingerprint density at radius 2 is 1.78 bits per heavy atom. The molecule has 2 N–H and O–H groups in total. The van der Waals surface area contributed by atoms with Crippen molar-refractivity contribution >= 4 is 5.69 Å². The van der Waals surface area contributed by atoms with E-state index in [0.717, 1.165) is 17.7 Å². The molecule has 0 aliphatic heterocycles. The molecular weight excluding hydrogens is 229 g/mol. The lowest BCUT2D eigenvalue weighted by Gasteiger charge is -2.11. The zero-order valence-corrected chi connectivity index (χ0v) is 10.3. The summed E-state index contributed by atoms with van der Waals surface area (Å²) in [4.78, 5) is 0. The van der Waals surface area contributed by atoms with Gasteiger partial charge in [0.2, 0.25) is 0 Å². The maximum Gasteiger partial charge on any atom is 0.152 e. The molecule has 0 amide bonds. The van der Waals surface area contributed by atoms with Crippen molar-refractivity contribution in [3.63, 3.8) is 0 Å². The Labute approximate surface area is 106 Å². The normalized spacial score (nSPS) is 10.3. The third kappa shape index (κ3) is 2.62. The topological polar surface area (TPSA) is 35.2 Å². The fourth-order valence-corrected chi connectivity index (χ4v) is 1.80. The number of hydrogen-bond donors (Lipinski definition) is 1. The average Bonchev–Trinajstić information content (AvgIpc) is 2.41. The zero-order chi connectivity index (χ0) is 13.0. The molecule has 0 atom stereocenters. The van der Waals surface area contributed by atoms with Gasteiger partial charge in [-0.05, 0) is 24.1 Å². The number of hydrogen-bond acceptors (Lipinski definition) is 2. The quantitative estimate of drug-likeness (QED) is 0.836. The van der Waals surface area contributed by atoms with Crippen molar-refractivity contribution in [1.82, 2.24) is 0 Å². The van der Waals surface area contributed by atoms with E-state index >= 15 is 0 Å². The maximum atomic E-state index is 13.7. The molecule has 0 radical (unpaired) electrons. The summed E-state index contributed by atoms with van der Waals surface area (Å²) in [5.41, 5.74) is 7.25. The number of nitrogens with two attached hydrogens (primary N) is 1. The standard InChI is InChI=1S/C15H16FNO/c1-2-11-6-3-4-9-14(11)18-10-12-7-5-8-13(17)15(12)16/h3-9H,2,10,17H2,1H3. The highest BCUT2D eigenvalue weighted by atomic mass is 19.1. The van der Waals surface area contributed by atoms with E-state index in [1.165, 1.54) is 0 Å². The molecule has 0 bridgehead atoms. The van der Waals surface area contributed by atoms with Gasteiger partial charge in [-0.3, -0.25) is 0 Å². The first-order valence-corrected chi connectivity index (χ1v) is 5.96. The van der Waals surface area contributed by atoms with Gasteiger partial charge in [0.15, 0.2) is 5.82 Å². The SMILES string of the molecule is CCc1ccccc1OCc1cccc(N)c1F. The number of nitrogen functional groups attached to an aromatic ring is 1. The number of ether oxygens (including phenoxy) is 1. The Balaban J connectivity index is 2.14. The van der Waals surface area contributed by atoms with Crippen LogP contribution in [0.2, 0.25) is 0 Å². The van der Waals surface area contributed by atoms with Gasteiger partial charge in [0.25, 0.3) is 0 Å². The minimum absolute atomic E-state index is 0.153. The van der Waals surface area contributed by atoms with Gasteiger partial charge in [0.1, 0.15) is 12.4 Å². The molecule has 0 spiro atoms. The molecule has 0 saturated heterocycles. The van der Waals surface area contributed by atoms with Crippen molar-refractivity contribution in [2.75, 3.05) is 5.73 Å². The van der Waals surface area contributed by atoms with Gasteiger partial charge in [-0.15, -0.1) is 0 Å². The highest BCUT2D eigenvalue weighted by Gasteiger charge is 2.07. The Hall–Kier alpha value is -2.03. The Kier molecular flexibility index (Phi) is 3.82. The van der Waals surface area contributed by atoms with Crippen LogP contribution in [0.3, 0.4) is 0 Å². The first-order valence-electron chi connectivity index (χ1n) is 5.96. The number of aryl methyl sites for hydroxylation is 1. The zero-order valence-electron chi connectivity index (χ0n) is 10.3. The molecule has 0 fully saturated rings. The Morgan fingerprint density at radius 1 is 1.06 bits per heavy atom. The monoisotopic (exact) mass is 245 g/mol. The number of para-hydroxylation sites is 1. The van der Waals surface area contributed by atoms with Crippen molar-refractivity contribution in [2.45, 2.75) is 20.0 Å². The van der Waals surface area contributed by atoms with Gasteiger partial charge in [0.05, 0.1) is 5.69 Å². The molecule has 18 heavy (non-hydrogen) atoms. The second-order valence-corrected chi connectivity index (χ2v) is 4.07. The molecule has 2 aromatic rings. The number of halogens is 1. The molecule has 0 aliphatic rings. The van der Waals surface area contributed by atoms with Gasteiger partial charge in [0, 0.05) is 5.56 Å². The molecule has 0 aromatic heterocycles. The van der Waals surface area contributed by atoms with E-state index in [4.69, 9.17) is 10.5 Å². The fraction of sp³-hybridized carbons (Fsp3) is 0.200. The summed E-state index contributed by atoms with van der Waals surface area (Å²) < 4.78 is 19.3. The van der Waals surface area contributed by atoms with E-state index in [1.54, 1.807) is 18.2 Å². The lowest BCUT2D eigenvalue weighted by molar-refractivity contribution is 0.297. The first kappa shape index (κ1) is 12.4. The summed E-state index contributed by atoms with van der Waals surface area (Å²) in [6.07, 6.45) is 0.885. The van der Waals surface area contributed by atoms with Crippen molar-refractivity contribution in [3.05, 3.63) is 59.4 Å². The van der Waals surface area contributed by atoms with Crippen molar-refractivity contribution in [1.29, 1.82) is 0 Å². The van der Waals surface area contributed by atoms with Crippen molar-refractivity contribution in [3.8, 4) is 5.75 Å². The lowest BCUT2D eigenvalue weighted by Crippen LogP contribution is -2.02. The Bertz CT molecular complexity index is 540. The van der Waals surface area contributed by atoms with E-state index in [2.05, 4.69) is 6.92 Å². The molecule has 0 unspecified atom stereocenters. The first-order chi connectivity index (χ1) is 8.72. The van der Waals surface area contributed by atoms with Crippen LogP contribution in [0.15, 0.2) is 42.5 Å².